The average molecular weight is 324 g/mol. The van der Waals surface area contributed by atoms with Crippen LogP contribution in [0.25, 0.3) is 0 Å². The Balaban J connectivity index is 1.69. The second-order valence-corrected chi connectivity index (χ2v) is 6.02. The minimum Gasteiger partial charge on any atom is -0.460 e. The molecule has 0 N–H and O–H groups in total. The molecule has 2 heterocycles. The molecule has 24 heavy (non-hydrogen) atoms. The molecule has 1 fully saturated rings. The molecule has 5 heteroatoms. The van der Waals surface area contributed by atoms with Gasteiger partial charge in [0, 0.05) is 17.5 Å². The summed E-state index contributed by atoms with van der Waals surface area (Å²) in [6.07, 6.45) is -0.684. The van der Waals surface area contributed by atoms with E-state index in [0.717, 1.165) is 11.1 Å². The van der Waals surface area contributed by atoms with E-state index in [9.17, 15) is 9.59 Å². The lowest BCUT2D eigenvalue weighted by molar-refractivity contribution is -0.161. The smallest absolute Gasteiger partial charge is 0.347 e. The van der Waals surface area contributed by atoms with Crippen LogP contribution in [0.15, 0.2) is 48.5 Å². The van der Waals surface area contributed by atoms with Gasteiger partial charge in [-0.15, -0.1) is 0 Å². The van der Waals surface area contributed by atoms with Gasteiger partial charge in [-0.25, -0.2) is 4.79 Å². The van der Waals surface area contributed by atoms with Crippen LogP contribution < -0.4 is 4.74 Å². The molecule has 1 saturated heterocycles. The highest BCUT2D eigenvalue weighted by Crippen LogP contribution is 2.44. The largest absolute Gasteiger partial charge is 0.460 e. The Morgan fingerprint density at radius 1 is 1.04 bits per heavy atom. The molecule has 2 aliphatic heterocycles. The maximum atomic E-state index is 12.8. The van der Waals surface area contributed by atoms with Crippen molar-refractivity contribution in [3.63, 3.8) is 0 Å². The molecular formula is C19H16O5. The van der Waals surface area contributed by atoms with Crippen molar-refractivity contribution in [3.8, 4) is 11.5 Å². The molecule has 0 spiro atoms. The van der Waals surface area contributed by atoms with Crippen LogP contribution in [0.5, 0.6) is 11.5 Å². The lowest BCUT2D eigenvalue weighted by Gasteiger charge is -2.27. The Morgan fingerprint density at radius 2 is 1.62 bits per heavy atom. The molecule has 2 atom stereocenters. The molecule has 0 aromatic heterocycles. The van der Waals surface area contributed by atoms with Crippen molar-refractivity contribution in [1.82, 2.24) is 0 Å². The predicted molar refractivity (Wildman–Crippen MR) is 84.9 cm³/mol. The molecule has 122 valence electrons. The number of benzene rings is 2. The van der Waals surface area contributed by atoms with Crippen molar-refractivity contribution in [1.29, 1.82) is 0 Å². The van der Waals surface area contributed by atoms with Crippen LogP contribution in [-0.2, 0) is 19.1 Å². The number of hydrogen-bond acceptors (Lipinski definition) is 5. The number of cyclic esters (lactones) is 1. The zero-order valence-corrected chi connectivity index (χ0v) is 13.1. The first kappa shape index (κ1) is 14.8. The summed E-state index contributed by atoms with van der Waals surface area (Å²) >= 11 is 0. The summed E-state index contributed by atoms with van der Waals surface area (Å²) in [5, 5.41) is 0. The normalized spacial score (nSPS) is 22.1. The summed E-state index contributed by atoms with van der Waals surface area (Å²) in [7, 11) is 0. The summed E-state index contributed by atoms with van der Waals surface area (Å²) in [6.45, 7) is 1.78. The molecule has 2 unspecified atom stereocenters. The van der Waals surface area contributed by atoms with E-state index in [2.05, 4.69) is 0 Å². The van der Waals surface area contributed by atoms with E-state index < -0.39 is 24.0 Å². The van der Waals surface area contributed by atoms with Gasteiger partial charge in [-0.05, 0) is 19.1 Å². The highest BCUT2D eigenvalue weighted by Gasteiger charge is 2.39. The average Bonchev–Trinajstić information content (AvgIpc) is 2.89. The van der Waals surface area contributed by atoms with Gasteiger partial charge in [0.25, 0.3) is 0 Å². The van der Waals surface area contributed by atoms with Gasteiger partial charge in [0.2, 0.25) is 6.10 Å². The summed E-state index contributed by atoms with van der Waals surface area (Å²) < 4.78 is 16.4. The van der Waals surface area contributed by atoms with Gasteiger partial charge >= 0.3 is 11.9 Å². The first-order valence-corrected chi connectivity index (χ1v) is 7.90. The molecule has 4 rings (SSSR count). The quantitative estimate of drug-likeness (QED) is 0.794. The molecule has 2 aromatic rings. The molecule has 0 radical (unpaired) electrons. The van der Waals surface area contributed by atoms with E-state index in [1.807, 2.05) is 48.5 Å². The predicted octanol–water partition coefficient (Wildman–Crippen LogP) is 3.17. The van der Waals surface area contributed by atoms with Crippen LogP contribution in [-0.4, -0.2) is 24.1 Å². The first-order chi connectivity index (χ1) is 11.6. The SMILES string of the molecule is CC1CC(OC(=O)C2c3ccccc3Oc3ccccc32)C(=O)O1. The molecule has 0 amide bonds. The summed E-state index contributed by atoms with van der Waals surface area (Å²) in [6, 6.07) is 14.7. The van der Waals surface area contributed by atoms with Gasteiger partial charge in [-0.1, -0.05) is 36.4 Å². The Labute approximate surface area is 139 Å². The maximum absolute atomic E-state index is 12.8. The molecule has 0 bridgehead atoms. The van der Waals surface area contributed by atoms with Gasteiger partial charge in [-0.3, -0.25) is 4.79 Å². The third-order valence-electron chi connectivity index (χ3n) is 4.30. The highest BCUT2D eigenvalue weighted by atomic mass is 16.6. The highest BCUT2D eigenvalue weighted by molar-refractivity contribution is 5.88. The molecule has 2 aromatic carbocycles. The molecule has 2 aliphatic rings. The molecule has 0 aliphatic carbocycles. The first-order valence-electron chi connectivity index (χ1n) is 7.90. The molecule has 5 nitrogen and oxygen atoms in total. The number of fused-ring (bicyclic) bond motifs is 2. The summed E-state index contributed by atoms with van der Waals surface area (Å²) in [5.41, 5.74) is 1.47. The zero-order chi connectivity index (χ0) is 16.7. The number of hydrogen-bond donors (Lipinski definition) is 0. The zero-order valence-electron chi connectivity index (χ0n) is 13.1. The Bertz CT molecular complexity index is 767. The van der Waals surface area contributed by atoms with Crippen molar-refractivity contribution < 1.29 is 23.8 Å². The van der Waals surface area contributed by atoms with E-state index in [1.165, 1.54) is 0 Å². The molecular weight excluding hydrogens is 308 g/mol. The van der Waals surface area contributed by atoms with Crippen molar-refractivity contribution in [2.24, 2.45) is 0 Å². The van der Waals surface area contributed by atoms with Gasteiger partial charge in [0.1, 0.15) is 23.5 Å². The fourth-order valence-corrected chi connectivity index (χ4v) is 3.19. The fourth-order valence-electron chi connectivity index (χ4n) is 3.19. The lowest BCUT2D eigenvalue weighted by Crippen LogP contribution is -2.28. The second kappa shape index (κ2) is 5.67. The number of ether oxygens (including phenoxy) is 3. The standard InChI is InChI=1S/C19H16O5/c1-11-10-16(18(20)22-11)24-19(21)17-12-6-2-4-8-14(12)23-15-9-5-3-7-13(15)17/h2-9,11,16-17H,10H2,1H3. The van der Waals surface area contributed by atoms with Crippen molar-refractivity contribution in [2.45, 2.75) is 31.5 Å². The van der Waals surface area contributed by atoms with Crippen molar-refractivity contribution >= 4 is 11.9 Å². The summed E-state index contributed by atoms with van der Waals surface area (Å²) in [4.78, 5) is 24.6. The van der Waals surface area contributed by atoms with Crippen molar-refractivity contribution in [3.05, 3.63) is 59.7 Å². The fraction of sp³-hybridized carbons (Fsp3) is 0.263. The lowest BCUT2D eigenvalue weighted by atomic mass is 9.88. The van der Waals surface area contributed by atoms with Crippen LogP contribution in [0.3, 0.4) is 0 Å². The van der Waals surface area contributed by atoms with E-state index in [1.54, 1.807) is 6.92 Å². The number of carbonyl (C=O) groups excluding carboxylic acids is 2. The van der Waals surface area contributed by atoms with Gasteiger partial charge in [-0.2, -0.15) is 0 Å². The van der Waals surface area contributed by atoms with Crippen LogP contribution in [0, 0.1) is 0 Å². The van der Waals surface area contributed by atoms with E-state index in [-0.39, 0.29) is 6.10 Å². The third-order valence-corrected chi connectivity index (χ3v) is 4.30. The van der Waals surface area contributed by atoms with Crippen LogP contribution in [0.2, 0.25) is 0 Å². The van der Waals surface area contributed by atoms with Gasteiger partial charge in [0.05, 0.1) is 0 Å². The summed E-state index contributed by atoms with van der Waals surface area (Å²) in [5.74, 6) is -0.311. The van der Waals surface area contributed by atoms with Crippen LogP contribution in [0.1, 0.15) is 30.4 Å². The third kappa shape index (κ3) is 2.42. The Morgan fingerprint density at radius 3 is 2.17 bits per heavy atom. The van der Waals surface area contributed by atoms with E-state index in [0.29, 0.717) is 17.9 Å². The van der Waals surface area contributed by atoms with Crippen molar-refractivity contribution in [2.75, 3.05) is 0 Å². The Kier molecular flexibility index (Phi) is 3.49. The van der Waals surface area contributed by atoms with Gasteiger partial charge in [0.15, 0.2) is 0 Å². The van der Waals surface area contributed by atoms with E-state index >= 15 is 0 Å². The van der Waals surface area contributed by atoms with Crippen LogP contribution in [0.4, 0.5) is 0 Å². The maximum Gasteiger partial charge on any atom is 0.347 e. The topological polar surface area (TPSA) is 61.8 Å². The number of esters is 2. The second-order valence-electron chi connectivity index (χ2n) is 6.02. The Hall–Kier alpha value is -2.82. The minimum atomic E-state index is -0.838. The number of carbonyl (C=O) groups is 2. The van der Waals surface area contributed by atoms with Gasteiger partial charge < -0.3 is 14.2 Å². The van der Waals surface area contributed by atoms with E-state index in [4.69, 9.17) is 14.2 Å². The minimum absolute atomic E-state index is 0.232. The number of rotatable bonds is 2. The monoisotopic (exact) mass is 324 g/mol. The van der Waals surface area contributed by atoms with Crippen LogP contribution >= 0.6 is 0 Å². The number of para-hydroxylation sites is 2. The molecule has 0 saturated carbocycles.